The molecular weight excluding hydrogens is 174 g/mol. The Morgan fingerprint density at radius 3 is 2.79 bits per heavy atom. The Kier molecular flexibility index (Phi) is 3.65. The molecule has 0 aromatic heterocycles. The van der Waals surface area contributed by atoms with Crippen LogP contribution in [0.2, 0.25) is 0 Å². The molecule has 0 aliphatic rings. The first kappa shape index (κ1) is 10.7. The molecule has 3 N–H and O–H groups in total. The van der Waals surface area contributed by atoms with E-state index in [1.54, 1.807) is 0 Å². The number of nitrogens with one attached hydrogen (secondary N) is 1. The van der Waals surface area contributed by atoms with Crippen molar-refractivity contribution in [2.45, 2.75) is 13.5 Å². The molecular formula is C11H17N3. The third kappa shape index (κ3) is 3.58. The first-order chi connectivity index (χ1) is 6.58. The standard InChI is InChI=1S/C11H17N3/c1-9-4-3-5-10(6-9)7-14(2)8-11(12)13/h3-6H,7-8H2,1-2H3,(H3,12,13). The number of hydrogen-bond donors (Lipinski definition) is 2. The highest BCUT2D eigenvalue weighted by atomic mass is 15.1. The van der Waals surface area contributed by atoms with Crippen molar-refractivity contribution in [1.82, 2.24) is 4.90 Å². The number of rotatable bonds is 4. The molecule has 0 fully saturated rings. The van der Waals surface area contributed by atoms with Crippen molar-refractivity contribution in [3.63, 3.8) is 0 Å². The Labute approximate surface area is 85.0 Å². The summed E-state index contributed by atoms with van der Waals surface area (Å²) in [5.41, 5.74) is 7.84. The van der Waals surface area contributed by atoms with Crippen LogP contribution in [-0.2, 0) is 6.54 Å². The van der Waals surface area contributed by atoms with Gasteiger partial charge in [-0.05, 0) is 19.5 Å². The number of amidine groups is 1. The topological polar surface area (TPSA) is 53.1 Å². The van der Waals surface area contributed by atoms with E-state index in [-0.39, 0.29) is 5.84 Å². The maximum atomic E-state index is 7.17. The molecule has 0 spiro atoms. The minimum atomic E-state index is 0.208. The average molecular weight is 191 g/mol. The van der Waals surface area contributed by atoms with Gasteiger partial charge in [0.2, 0.25) is 0 Å². The van der Waals surface area contributed by atoms with Gasteiger partial charge in [-0.15, -0.1) is 0 Å². The largest absolute Gasteiger partial charge is 0.387 e. The first-order valence-electron chi connectivity index (χ1n) is 4.65. The molecule has 0 unspecified atom stereocenters. The molecule has 0 aliphatic heterocycles. The predicted molar refractivity (Wildman–Crippen MR) is 59.4 cm³/mol. The molecule has 0 radical (unpaired) electrons. The lowest BCUT2D eigenvalue weighted by molar-refractivity contribution is 0.372. The van der Waals surface area contributed by atoms with E-state index in [0.29, 0.717) is 6.54 Å². The summed E-state index contributed by atoms with van der Waals surface area (Å²) in [6, 6.07) is 8.36. The summed E-state index contributed by atoms with van der Waals surface area (Å²) in [6.07, 6.45) is 0. The molecule has 0 bridgehead atoms. The molecule has 76 valence electrons. The quantitative estimate of drug-likeness (QED) is 0.557. The van der Waals surface area contributed by atoms with Gasteiger partial charge in [0.15, 0.2) is 0 Å². The summed E-state index contributed by atoms with van der Waals surface area (Å²) in [5.74, 6) is 0.208. The maximum absolute atomic E-state index is 7.17. The van der Waals surface area contributed by atoms with Gasteiger partial charge in [-0.2, -0.15) is 0 Å². The van der Waals surface area contributed by atoms with Gasteiger partial charge in [-0.25, -0.2) is 0 Å². The SMILES string of the molecule is Cc1cccc(CN(C)CC(=N)N)c1. The number of likely N-dealkylation sites (N-methyl/N-ethyl adjacent to an activating group) is 1. The Bertz CT molecular complexity index is 320. The van der Waals surface area contributed by atoms with Crippen LogP contribution in [0.1, 0.15) is 11.1 Å². The third-order valence-corrected chi connectivity index (χ3v) is 1.98. The van der Waals surface area contributed by atoms with E-state index in [1.165, 1.54) is 11.1 Å². The van der Waals surface area contributed by atoms with Crippen molar-refractivity contribution in [3.05, 3.63) is 35.4 Å². The van der Waals surface area contributed by atoms with Crippen LogP contribution in [0.15, 0.2) is 24.3 Å². The fourth-order valence-corrected chi connectivity index (χ4v) is 1.47. The van der Waals surface area contributed by atoms with Gasteiger partial charge in [0.1, 0.15) is 5.84 Å². The maximum Gasteiger partial charge on any atom is 0.105 e. The summed E-state index contributed by atoms with van der Waals surface area (Å²) < 4.78 is 0. The minimum absolute atomic E-state index is 0.208. The van der Waals surface area contributed by atoms with Crippen LogP contribution in [-0.4, -0.2) is 24.3 Å². The molecule has 3 nitrogen and oxygen atoms in total. The van der Waals surface area contributed by atoms with E-state index in [0.717, 1.165) is 6.54 Å². The van der Waals surface area contributed by atoms with Gasteiger partial charge in [0.25, 0.3) is 0 Å². The second-order valence-electron chi connectivity index (χ2n) is 3.69. The van der Waals surface area contributed by atoms with E-state index in [1.807, 2.05) is 18.0 Å². The highest BCUT2D eigenvalue weighted by molar-refractivity contribution is 5.78. The first-order valence-corrected chi connectivity index (χ1v) is 4.65. The summed E-state index contributed by atoms with van der Waals surface area (Å²) in [5, 5.41) is 7.17. The summed E-state index contributed by atoms with van der Waals surface area (Å²) >= 11 is 0. The predicted octanol–water partition coefficient (Wildman–Crippen LogP) is 1.36. The van der Waals surface area contributed by atoms with Gasteiger partial charge in [0, 0.05) is 6.54 Å². The highest BCUT2D eigenvalue weighted by Crippen LogP contribution is 2.05. The molecule has 0 heterocycles. The van der Waals surface area contributed by atoms with Gasteiger partial charge in [-0.3, -0.25) is 10.3 Å². The van der Waals surface area contributed by atoms with Gasteiger partial charge in [0.05, 0.1) is 6.54 Å². The number of nitrogens with zero attached hydrogens (tertiary/aromatic N) is 1. The zero-order valence-corrected chi connectivity index (χ0v) is 8.75. The second kappa shape index (κ2) is 4.77. The van der Waals surface area contributed by atoms with Crippen LogP contribution >= 0.6 is 0 Å². The smallest absolute Gasteiger partial charge is 0.105 e. The van der Waals surface area contributed by atoms with Crippen molar-refractivity contribution in [2.24, 2.45) is 5.73 Å². The Hall–Kier alpha value is -1.35. The molecule has 1 rings (SSSR count). The van der Waals surface area contributed by atoms with Crippen LogP contribution in [0.25, 0.3) is 0 Å². The second-order valence-corrected chi connectivity index (χ2v) is 3.69. The Morgan fingerprint density at radius 1 is 1.50 bits per heavy atom. The molecule has 0 saturated heterocycles. The van der Waals surface area contributed by atoms with Crippen LogP contribution in [0.5, 0.6) is 0 Å². The average Bonchev–Trinajstić information content (AvgIpc) is 2.01. The number of hydrogen-bond acceptors (Lipinski definition) is 2. The van der Waals surface area contributed by atoms with Crippen molar-refractivity contribution in [2.75, 3.05) is 13.6 Å². The van der Waals surface area contributed by atoms with Gasteiger partial charge >= 0.3 is 0 Å². The fraction of sp³-hybridized carbons (Fsp3) is 0.364. The van der Waals surface area contributed by atoms with Crippen LogP contribution in [0.4, 0.5) is 0 Å². The molecule has 3 heteroatoms. The zero-order chi connectivity index (χ0) is 10.6. The Morgan fingerprint density at radius 2 is 2.21 bits per heavy atom. The monoisotopic (exact) mass is 191 g/mol. The Balaban J connectivity index is 2.55. The van der Waals surface area contributed by atoms with Crippen LogP contribution in [0.3, 0.4) is 0 Å². The number of benzene rings is 1. The molecule has 1 aromatic carbocycles. The van der Waals surface area contributed by atoms with E-state index in [2.05, 4.69) is 25.1 Å². The van der Waals surface area contributed by atoms with Crippen molar-refractivity contribution in [1.29, 1.82) is 5.41 Å². The molecule has 14 heavy (non-hydrogen) atoms. The summed E-state index contributed by atoms with van der Waals surface area (Å²) in [6.45, 7) is 3.43. The van der Waals surface area contributed by atoms with Crippen LogP contribution in [0, 0.1) is 12.3 Å². The van der Waals surface area contributed by atoms with Crippen molar-refractivity contribution < 1.29 is 0 Å². The van der Waals surface area contributed by atoms with E-state index in [4.69, 9.17) is 11.1 Å². The molecule has 0 amide bonds. The van der Waals surface area contributed by atoms with Gasteiger partial charge in [-0.1, -0.05) is 29.8 Å². The van der Waals surface area contributed by atoms with Crippen molar-refractivity contribution >= 4 is 5.84 Å². The summed E-state index contributed by atoms with van der Waals surface area (Å²) in [7, 11) is 1.96. The fourth-order valence-electron chi connectivity index (χ4n) is 1.47. The van der Waals surface area contributed by atoms with E-state index >= 15 is 0 Å². The van der Waals surface area contributed by atoms with Crippen LogP contribution < -0.4 is 5.73 Å². The summed E-state index contributed by atoms with van der Waals surface area (Å²) in [4.78, 5) is 2.02. The number of aryl methyl sites for hydroxylation is 1. The minimum Gasteiger partial charge on any atom is -0.387 e. The third-order valence-electron chi connectivity index (χ3n) is 1.98. The highest BCUT2D eigenvalue weighted by Gasteiger charge is 2.01. The lowest BCUT2D eigenvalue weighted by atomic mass is 10.1. The number of nitrogens with two attached hydrogens (primary N) is 1. The van der Waals surface area contributed by atoms with E-state index < -0.39 is 0 Å². The van der Waals surface area contributed by atoms with Gasteiger partial charge < -0.3 is 5.73 Å². The zero-order valence-electron chi connectivity index (χ0n) is 8.75. The molecule has 0 saturated carbocycles. The molecule has 0 atom stereocenters. The lowest BCUT2D eigenvalue weighted by Gasteiger charge is -2.15. The molecule has 1 aromatic rings. The van der Waals surface area contributed by atoms with Crippen molar-refractivity contribution in [3.8, 4) is 0 Å². The normalized spacial score (nSPS) is 10.5. The van der Waals surface area contributed by atoms with E-state index in [9.17, 15) is 0 Å². The molecule has 0 aliphatic carbocycles. The lowest BCUT2D eigenvalue weighted by Crippen LogP contribution is -2.29.